The van der Waals surface area contributed by atoms with E-state index in [1.807, 2.05) is 0 Å². The highest BCUT2D eigenvalue weighted by Gasteiger charge is 2.20. The summed E-state index contributed by atoms with van der Waals surface area (Å²) < 4.78 is 0. The van der Waals surface area contributed by atoms with Crippen LogP contribution in [0.4, 0.5) is 5.82 Å². The number of anilines is 1. The molecule has 120 valence electrons. The number of nitrogens with zero attached hydrogens (tertiary/aromatic N) is 1. The van der Waals surface area contributed by atoms with Crippen LogP contribution in [0.3, 0.4) is 0 Å². The molecule has 2 amide bonds. The molecule has 1 atom stereocenters. The Hall–Kier alpha value is -2.18. The second-order valence-corrected chi connectivity index (χ2v) is 5.79. The van der Waals surface area contributed by atoms with Gasteiger partial charge in [0.25, 0.3) is 5.56 Å². The van der Waals surface area contributed by atoms with E-state index in [4.69, 9.17) is 0 Å². The molecule has 0 aliphatic heterocycles. The van der Waals surface area contributed by atoms with Gasteiger partial charge in [-0.2, -0.15) is 5.10 Å². The third kappa shape index (κ3) is 4.98. The van der Waals surface area contributed by atoms with Crippen molar-refractivity contribution in [2.45, 2.75) is 51.5 Å². The number of carbonyl (C=O) groups excluding carboxylic acids is 2. The normalized spacial score (nSPS) is 16.8. The van der Waals surface area contributed by atoms with Gasteiger partial charge in [0.05, 0.1) is 0 Å². The fraction of sp³-hybridized carbons (Fsp3) is 0.600. The van der Waals surface area contributed by atoms with Gasteiger partial charge in [-0.05, 0) is 31.7 Å². The minimum Gasteiger partial charge on any atom is -0.345 e. The quantitative estimate of drug-likeness (QED) is 0.760. The highest BCUT2D eigenvalue weighted by molar-refractivity contribution is 5.96. The number of amides is 2. The molecular formula is C15H22N4O3. The number of rotatable bonds is 5. The third-order valence-electron chi connectivity index (χ3n) is 3.90. The van der Waals surface area contributed by atoms with Crippen molar-refractivity contribution in [1.82, 2.24) is 15.5 Å². The molecule has 1 saturated carbocycles. The van der Waals surface area contributed by atoms with Crippen LogP contribution in [0, 0.1) is 5.92 Å². The van der Waals surface area contributed by atoms with Crippen molar-refractivity contribution in [1.29, 1.82) is 0 Å². The monoisotopic (exact) mass is 306 g/mol. The van der Waals surface area contributed by atoms with Gasteiger partial charge in [0.1, 0.15) is 6.04 Å². The second-order valence-electron chi connectivity index (χ2n) is 5.79. The number of nitrogens with one attached hydrogen (secondary N) is 3. The Kier molecular flexibility index (Phi) is 5.68. The lowest BCUT2D eigenvalue weighted by molar-refractivity contribution is -0.127. The number of carbonyl (C=O) groups is 2. The van der Waals surface area contributed by atoms with Crippen molar-refractivity contribution in [3.63, 3.8) is 0 Å². The van der Waals surface area contributed by atoms with Crippen molar-refractivity contribution < 1.29 is 9.59 Å². The topological polar surface area (TPSA) is 104 Å². The first-order valence-electron chi connectivity index (χ1n) is 7.70. The van der Waals surface area contributed by atoms with Crippen LogP contribution in [-0.4, -0.2) is 28.1 Å². The number of H-pyrrole nitrogens is 1. The summed E-state index contributed by atoms with van der Waals surface area (Å²) in [5.41, 5.74) is -0.341. The first-order valence-corrected chi connectivity index (χ1v) is 7.70. The Bertz CT molecular complexity index is 558. The van der Waals surface area contributed by atoms with Crippen LogP contribution in [0.1, 0.15) is 45.4 Å². The van der Waals surface area contributed by atoms with Crippen LogP contribution in [0.25, 0.3) is 0 Å². The summed E-state index contributed by atoms with van der Waals surface area (Å²) in [6.45, 7) is 1.62. The lowest BCUT2D eigenvalue weighted by Gasteiger charge is -2.22. The highest BCUT2D eigenvalue weighted by Crippen LogP contribution is 2.26. The average molecular weight is 306 g/mol. The van der Waals surface area contributed by atoms with Gasteiger partial charge in [-0.25, -0.2) is 5.10 Å². The minimum atomic E-state index is -0.648. The van der Waals surface area contributed by atoms with E-state index in [2.05, 4.69) is 20.8 Å². The molecule has 0 aromatic carbocycles. The maximum absolute atomic E-state index is 12.0. The molecule has 0 saturated heterocycles. The summed E-state index contributed by atoms with van der Waals surface area (Å²) in [5, 5.41) is 11.2. The molecule has 1 aliphatic rings. The molecule has 3 N–H and O–H groups in total. The molecule has 0 spiro atoms. The van der Waals surface area contributed by atoms with Crippen molar-refractivity contribution in [2.24, 2.45) is 5.92 Å². The molecular weight excluding hydrogens is 284 g/mol. The third-order valence-corrected chi connectivity index (χ3v) is 3.90. The van der Waals surface area contributed by atoms with Crippen LogP contribution in [0.2, 0.25) is 0 Å². The van der Waals surface area contributed by atoms with E-state index in [0.29, 0.717) is 12.3 Å². The van der Waals surface area contributed by atoms with Gasteiger partial charge in [0.15, 0.2) is 5.82 Å². The molecule has 1 aromatic heterocycles. The van der Waals surface area contributed by atoms with Crippen LogP contribution < -0.4 is 16.2 Å². The maximum Gasteiger partial charge on any atom is 0.264 e. The summed E-state index contributed by atoms with van der Waals surface area (Å²) >= 11 is 0. The van der Waals surface area contributed by atoms with Crippen LogP contribution in [0.15, 0.2) is 16.9 Å². The molecule has 7 heteroatoms. The second kappa shape index (κ2) is 7.72. The zero-order chi connectivity index (χ0) is 15.9. The van der Waals surface area contributed by atoms with E-state index in [0.717, 1.165) is 12.8 Å². The Morgan fingerprint density at radius 2 is 2.05 bits per heavy atom. The standard InChI is InChI=1S/C15H22N4O3/c1-10(15(22)17-12-7-8-13(20)19-18-12)16-14(21)9-11-5-3-2-4-6-11/h7-8,10-11H,2-6,9H2,1H3,(H,16,21)(H,19,20)(H,17,18,22). The Labute approximate surface area is 128 Å². The lowest BCUT2D eigenvalue weighted by atomic mass is 9.87. The molecule has 1 fully saturated rings. The molecule has 0 bridgehead atoms. The van der Waals surface area contributed by atoms with Gasteiger partial charge in [-0.15, -0.1) is 0 Å². The minimum absolute atomic E-state index is 0.0935. The molecule has 1 aromatic rings. The SMILES string of the molecule is CC(NC(=O)CC1CCCCC1)C(=O)Nc1ccc(=O)[nH]n1. The number of aromatic amines is 1. The van der Waals surface area contributed by atoms with Crippen LogP contribution in [0.5, 0.6) is 0 Å². The summed E-state index contributed by atoms with van der Waals surface area (Å²) in [4.78, 5) is 34.8. The molecule has 1 unspecified atom stereocenters. The van der Waals surface area contributed by atoms with Crippen LogP contribution >= 0.6 is 0 Å². The van der Waals surface area contributed by atoms with E-state index >= 15 is 0 Å². The van der Waals surface area contributed by atoms with Crippen LogP contribution in [-0.2, 0) is 9.59 Å². The van der Waals surface area contributed by atoms with Crippen molar-refractivity contribution in [2.75, 3.05) is 5.32 Å². The predicted molar refractivity (Wildman–Crippen MR) is 82.3 cm³/mol. The van der Waals surface area contributed by atoms with Gasteiger partial charge in [-0.1, -0.05) is 19.3 Å². The van der Waals surface area contributed by atoms with E-state index in [1.165, 1.54) is 31.4 Å². The largest absolute Gasteiger partial charge is 0.345 e. The van der Waals surface area contributed by atoms with Crippen molar-refractivity contribution in [3.8, 4) is 0 Å². The van der Waals surface area contributed by atoms with Gasteiger partial charge in [0, 0.05) is 12.5 Å². The molecule has 22 heavy (non-hydrogen) atoms. The zero-order valence-electron chi connectivity index (χ0n) is 12.7. The molecule has 1 heterocycles. The van der Waals surface area contributed by atoms with E-state index in [-0.39, 0.29) is 23.2 Å². The number of hydrogen-bond donors (Lipinski definition) is 3. The summed E-state index contributed by atoms with van der Waals surface area (Å²) in [6, 6.07) is 2.03. The Morgan fingerprint density at radius 3 is 2.68 bits per heavy atom. The van der Waals surface area contributed by atoms with E-state index in [1.54, 1.807) is 6.92 Å². The fourth-order valence-electron chi connectivity index (χ4n) is 2.67. The first-order chi connectivity index (χ1) is 10.5. The average Bonchev–Trinajstić information content (AvgIpc) is 2.50. The summed E-state index contributed by atoms with van der Waals surface area (Å²) in [5.74, 6) is 0.225. The molecule has 2 rings (SSSR count). The molecule has 0 radical (unpaired) electrons. The number of aromatic nitrogens is 2. The Balaban J connectivity index is 1.78. The molecule has 7 nitrogen and oxygen atoms in total. The lowest BCUT2D eigenvalue weighted by Crippen LogP contribution is -2.42. The van der Waals surface area contributed by atoms with Gasteiger partial charge >= 0.3 is 0 Å². The van der Waals surface area contributed by atoms with Gasteiger partial charge < -0.3 is 10.6 Å². The first kappa shape index (κ1) is 16.2. The summed E-state index contributed by atoms with van der Waals surface area (Å²) in [7, 11) is 0. The molecule has 1 aliphatic carbocycles. The van der Waals surface area contributed by atoms with Crippen molar-refractivity contribution >= 4 is 17.6 Å². The fourth-order valence-corrected chi connectivity index (χ4v) is 2.67. The van der Waals surface area contributed by atoms with Gasteiger partial charge in [0.2, 0.25) is 11.8 Å². The smallest absolute Gasteiger partial charge is 0.264 e. The van der Waals surface area contributed by atoms with Gasteiger partial charge in [-0.3, -0.25) is 14.4 Å². The predicted octanol–water partition coefficient (Wildman–Crippen LogP) is 1.18. The number of hydrogen-bond acceptors (Lipinski definition) is 4. The van der Waals surface area contributed by atoms with E-state index < -0.39 is 6.04 Å². The summed E-state index contributed by atoms with van der Waals surface area (Å²) in [6.07, 6.45) is 6.29. The maximum atomic E-state index is 12.0. The highest BCUT2D eigenvalue weighted by atomic mass is 16.2. The van der Waals surface area contributed by atoms with E-state index in [9.17, 15) is 14.4 Å². The van der Waals surface area contributed by atoms with Crippen molar-refractivity contribution in [3.05, 3.63) is 22.5 Å². The zero-order valence-corrected chi connectivity index (χ0v) is 12.7. The Morgan fingerprint density at radius 1 is 1.32 bits per heavy atom.